The summed E-state index contributed by atoms with van der Waals surface area (Å²) in [5, 5.41) is 9.00. The Morgan fingerprint density at radius 1 is 1.23 bits per heavy atom. The number of anilines is 1. The highest BCUT2D eigenvalue weighted by Crippen LogP contribution is 2.36. The van der Waals surface area contributed by atoms with E-state index in [2.05, 4.69) is 4.98 Å². The number of hydrogen-bond donors (Lipinski definition) is 1. The molecule has 0 radical (unpaired) electrons. The molecule has 0 unspecified atom stereocenters. The summed E-state index contributed by atoms with van der Waals surface area (Å²) in [5.41, 5.74) is 5.83. The molecule has 2 rings (SSSR count). The van der Waals surface area contributed by atoms with Crippen LogP contribution in [0.3, 0.4) is 0 Å². The molecule has 140 valence electrons. The second-order valence-electron chi connectivity index (χ2n) is 5.51. The van der Waals surface area contributed by atoms with Gasteiger partial charge in [-0.25, -0.2) is 4.98 Å². The topological polar surface area (TPSA) is 156 Å². The summed E-state index contributed by atoms with van der Waals surface area (Å²) >= 11 is 0. The number of ether oxygens (including phenoxy) is 4. The minimum absolute atomic E-state index is 0.00985. The van der Waals surface area contributed by atoms with Crippen LogP contribution in [0.25, 0.3) is 0 Å². The van der Waals surface area contributed by atoms with Crippen molar-refractivity contribution in [1.82, 2.24) is 9.55 Å². The number of carbonyl (C=O) groups is 3. The zero-order valence-corrected chi connectivity index (χ0v) is 14.4. The van der Waals surface area contributed by atoms with Crippen LogP contribution < -0.4 is 5.73 Å². The highest BCUT2D eigenvalue weighted by atomic mass is 16.7. The maximum absolute atomic E-state index is 11.5. The van der Waals surface area contributed by atoms with Crippen LogP contribution in [-0.4, -0.2) is 52.4 Å². The van der Waals surface area contributed by atoms with Gasteiger partial charge < -0.3 is 24.7 Å². The van der Waals surface area contributed by atoms with Gasteiger partial charge in [-0.3, -0.25) is 19.0 Å². The van der Waals surface area contributed by atoms with Crippen molar-refractivity contribution in [3.8, 4) is 6.07 Å². The average molecular weight is 366 g/mol. The Labute approximate surface area is 148 Å². The van der Waals surface area contributed by atoms with Gasteiger partial charge in [-0.1, -0.05) is 0 Å². The number of nitriles is 1. The molecule has 0 aliphatic carbocycles. The van der Waals surface area contributed by atoms with Crippen LogP contribution in [0.2, 0.25) is 0 Å². The summed E-state index contributed by atoms with van der Waals surface area (Å²) < 4.78 is 22.5. The fourth-order valence-corrected chi connectivity index (χ4v) is 2.58. The van der Waals surface area contributed by atoms with E-state index in [9.17, 15) is 14.4 Å². The van der Waals surface area contributed by atoms with E-state index in [4.69, 9.17) is 29.9 Å². The first-order chi connectivity index (χ1) is 12.2. The summed E-state index contributed by atoms with van der Waals surface area (Å²) in [5.74, 6) is -1.85. The molecule has 1 aromatic rings. The Morgan fingerprint density at radius 2 is 1.85 bits per heavy atom. The SMILES string of the molecule is CC(=O)OC[C@H]1O[C@@H](n2cnc(C#N)c2N)[C@@H](OC(C)=O)[C@H]1OC(C)=O. The Hall–Kier alpha value is -3.13. The quantitative estimate of drug-likeness (QED) is 0.540. The molecule has 11 heteroatoms. The highest BCUT2D eigenvalue weighted by molar-refractivity contribution is 5.68. The normalized spacial score (nSPS) is 24.5. The number of esters is 3. The van der Waals surface area contributed by atoms with E-state index in [1.165, 1.54) is 31.7 Å². The molecule has 0 saturated carbocycles. The third-order valence-electron chi connectivity index (χ3n) is 3.55. The van der Waals surface area contributed by atoms with Crippen molar-refractivity contribution >= 4 is 23.7 Å². The van der Waals surface area contributed by atoms with Crippen molar-refractivity contribution in [2.45, 2.75) is 45.3 Å². The zero-order chi connectivity index (χ0) is 19.4. The number of nitrogens with zero attached hydrogens (tertiary/aromatic N) is 3. The summed E-state index contributed by atoms with van der Waals surface area (Å²) in [6, 6.07) is 1.81. The smallest absolute Gasteiger partial charge is 0.303 e. The molecule has 0 spiro atoms. The molecule has 11 nitrogen and oxygen atoms in total. The second-order valence-corrected chi connectivity index (χ2v) is 5.51. The maximum Gasteiger partial charge on any atom is 0.303 e. The fraction of sp³-hybridized carbons (Fsp3) is 0.533. The van der Waals surface area contributed by atoms with Crippen LogP contribution >= 0.6 is 0 Å². The highest BCUT2D eigenvalue weighted by Gasteiger charge is 2.51. The monoisotopic (exact) mass is 366 g/mol. The number of aromatic nitrogens is 2. The number of nitrogens with two attached hydrogens (primary N) is 1. The number of imidazole rings is 1. The summed E-state index contributed by atoms with van der Waals surface area (Å²) in [6.45, 7) is 3.34. The van der Waals surface area contributed by atoms with Gasteiger partial charge in [-0.05, 0) is 0 Å². The molecular formula is C15H18N4O7. The van der Waals surface area contributed by atoms with Crippen LogP contribution in [0.5, 0.6) is 0 Å². The Balaban J connectivity index is 2.39. The van der Waals surface area contributed by atoms with Crippen LogP contribution in [0.4, 0.5) is 5.82 Å². The Kier molecular flexibility index (Phi) is 5.78. The van der Waals surface area contributed by atoms with Gasteiger partial charge in [0.1, 0.15) is 30.9 Å². The fourth-order valence-electron chi connectivity index (χ4n) is 2.58. The summed E-state index contributed by atoms with van der Waals surface area (Å²) in [7, 11) is 0. The molecule has 2 heterocycles. The predicted molar refractivity (Wildman–Crippen MR) is 83.0 cm³/mol. The molecule has 1 fully saturated rings. The van der Waals surface area contributed by atoms with Gasteiger partial charge in [0.15, 0.2) is 24.1 Å². The van der Waals surface area contributed by atoms with Gasteiger partial charge in [-0.2, -0.15) is 5.26 Å². The summed E-state index contributed by atoms with van der Waals surface area (Å²) in [4.78, 5) is 37.9. The lowest BCUT2D eigenvalue weighted by Gasteiger charge is -2.24. The van der Waals surface area contributed by atoms with Crippen molar-refractivity contribution < 1.29 is 33.3 Å². The van der Waals surface area contributed by atoms with Crippen molar-refractivity contribution in [3.05, 3.63) is 12.0 Å². The number of nitrogen functional groups attached to an aromatic ring is 1. The van der Waals surface area contributed by atoms with Crippen LogP contribution in [-0.2, 0) is 33.3 Å². The molecule has 0 amide bonds. The van der Waals surface area contributed by atoms with Gasteiger partial charge in [0.25, 0.3) is 0 Å². The van der Waals surface area contributed by atoms with E-state index < -0.39 is 42.4 Å². The van der Waals surface area contributed by atoms with Crippen molar-refractivity contribution in [1.29, 1.82) is 5.26 Å². The third-order valence-corrected chi connectivity index (χ3v) is 3.55. The van der Waals surface area contributed by atoms with Crippen molar-refractivity contribution in [2.75, 3.05) is 12.3 Å². The minimum Gasteiger partial charge on any atom is -0.463 e. The zero-order valence-electron chi connectivity index (χ0n) is 14.4. The molecule has 1 saturated heterocycles. The molecule has 1 aliphatic rings. The van der Waals surface area contributed by atoms with Crippen LogP contribution in [0.1, 0.15) is 32.7 Å². The van der Waals surface area contributed by atoms with Gasteiger partial charge in [0.05, 0.1) is 0 Å². The van der Waals surface area contributed by atoms with E-state index in [-0.39, 0.29) is 18.1 Å². The van der Waals surface area contributed by atoms with Gasteiger partial charge in [0, 0.05) is 20.8 Å². The minimum atomic E-state index is -1.08. The standard InChI is InChI=1S/C15H18N4O7/c1-7(20)23-5-11-12(24-8(2)21)13(25-9(3)22)15(26-11)19-6-18-10(4-16)14(19)17/h6,11-13,15H,5,17H2,1-3H3/t11-,12+,13+,15-/m1/s1. The van der Waals surface area contributed by atoms with Crippen LogP contribution in [0, 0.1) is 11.3 Å². The van der Waals surface area contributed by atoms with E-state index in [0.717, 1.165) is 0 Å². The lowest BCUT2D eigenvalue weighted by atomic mass is 10.1. The molecule has 2 N–H and O–H groups in total. The van der Waals surface area contributed by atoms with E-state index in [0.29, 0.717) is 0 Å². The Bertz CT molecular complexity index is 754. The molecule has 0 bridgehead atoms. The predicted octanol–water partition coefficient (Wildman–Crippen LogP) is -0.339. The second kappa shape index (κ2) is 7.83. The number of rotatable bonds is 5. The Morgan fingerprint density at radius 3 is 2.35 bits per heavy atom. The molecular weight excluding hydrogens is 348 g/mol. The third kappa shape index (κ3) is 4.09. The first-order valence-electron chi connectivity index (χ1n) is 7.60. The van der Waals surface area contributed by atoms with E-state index >= 15 is 0 Å². The van der Waals surface area contributed by atoms with Crippen molar-refractivity contribution in [2.24, 2.45) is 0 Å². The average Bonchev–Trinajstić information content (AvgIpc) is 3.06. The first-order valence-corrected chi connectivity index (χ1v) is 7.60. The molecule has 1 aromatic heterocycles. The summed E-state index contributed by atoms with van der Waals surface area (Å²) in [6.07, 6.45) is -2.83. The van der Waals surface area contributed by atoms with Crippen molar-refractivity contribution in [3.63, 3.8) is 0 Å². The number of hydrogen-bond acceptors (Lipinski definition) is 10. The lowest BCUT2D eigenvalue weighted by Crippen LogP contribution is -2.40. The molecule has 0 aromatic carbocycles. The van der Waals surface area contributed by atoms with Crippen LogP contribution in [0.15, 0.2) is 6.33 Å². The van der Waals surface area contributed by atoms with Gasteiger partial charge >= 0.3 is 17.9 Å². The molecule has 26 heavy (non-hydrogen) atoms. The molecule has 4 atom stereocenters. The van der Waals surface area contributed by atoms with E-state index in [1.807, 2.05) is 6.07 Å². The lowest BCUT2D eigenvalue weighted by molar-refractivity contribution is -0.166. The largest absolute Gasteiger partial charge is 0.463 e. The van der Waals surface area contributed by atoms with Gasteiger partial charge in [-0.15, -0.1) is 0 Å². The number of carbonyl (C=O) groups excluding carboxylic acids is 3. The van der Waals surface area contributed by atoms with E-state index in [1.54, 1.807) is 0 Å². The molecule has 1 aliphatic heterocycles. The maximum atomic E-state index is 11.5. The van der Waals surface area contributed by atoms with Gasteiger partial charge in [0.2, 0.25) is 0 Å². The first kappa shape index (κ1) is 19.2.